The molecule has 0 aliphatic rings. The number of H-pyrrole nitrogens is 1. The average Bonchev–Trinajstić information content (AvgIpc) is 2.97. The van der Waals surface area contributed by atoms with Crippen LogP contribution in [0.3, 0.4) is 0 Å². The number of nitrogens with one attached hydrogen (secondary N) is 2. The molecule has 0 saturated carbocycles. The third-order valence-corrected chi connectivity index (χ3v) is 3.59. The lowest BCUT2D eigenvalue weighted by Crippen LogP contribution is -2.12. The topological polar surface area (TPSA) is 57.8 Å². The monoisotopic (exact) mass is 331 g/mol. The van der Waals surface area contributed by atoms with Crippen LogP contribution in [-0.2, 0) is 0 Å². The molecule has 0 radical (unpaired) electrons. The van der Waals surface area contributed by atoms with Gasteiger partial charge in [-0.2, -0.15) is 5.10 Å². The lowest BCUT2D eigenvalue weighted by molar-refractivity contribution is 0.102. The molecule has 0 atom stereocenters. The molecule has 3 aromatic rings. The molecule has 2 N–H and O–H groups in total. The van der Waals surface area contributed by atoms with Crippen molar-refractivity contribution in [2.45, 2.75) is 0 Å². The van der Waals surface area contributed by atoms with Crippen molar-refractivity contribution >= 4 is 34.8 Å². The van der Waals surface area contributed by atoms with Crippen LogP contribution in [0.15, 0.2) is 54.7 Å². The molecule has 110 valence electrons. The quantitative estimate of drug-likeness (QED) is 0.734. The molecule has 3 rings (SSSR count). The number of aromatic nitrogens is 2. The molecule has 0 unspecified atom stereocenters. The van der Waals surface area contributed by atoms with Gasteiger partial charge < -0.3 is 5.32 Å². The Morgan fingerprint density at radius 3 is 2.55 bits per heavy atom. The smallest absolute Gasteiger partial charge is 0.259 e. The van der Waals surface area contributed by atoms with Crippen LogP contribution in [0.5, 0.6) is 0 Å². The van der Waals surface area contributed by atoms with Crippen molar-refractivity contribution in [3.8, 4) is 11.3 Å². The Morgan fingerprint density at radius 1 is 1.05 bits per heavy atom. The molecule has 2 aromatic carbocycles. The third kappa shape index (κ3) is 3.13. The number of rotatable bonds is 3. The fourth-order valence-corrected chi connectivity index (χ4v) is 2.38. The molecular weight excluding hydrogens is 321 g/mol. The maximum absolute atomic E-state index is 12.4. The lowest BCUT2D eigenvalue weighted by Gasteiger charge is -2.06. The van der Waals surface area contributed by atoms with Crippen LogP contribution in [0.25, 0.3) is 11.3 Å². The Kier molecular flexibility index (Phi) is 4.13. The van der Waals surface area contributed by atoms with Gasteiger partial charge in [-0.1, -0.05) is 41.4 Å². The first-order chi connectivity index (χ1) is 10.6. The molecule has 1 amide bonds. The second-order valence-electron chi connectivity index (χ2n) is 4.63. The number of hydrogen-bond acceptors (Lipinski definition) is 2. The minimum Gasteiger partial charge on any atom is -0.322 e. The first-order valence-corrected chi connectivity index (χ1v) is 7.25. The summed E-state index contributed by atoms with van der Waals surface area (Å²) in [5.41, 5.74) is 2.54. The van der Waals surface area contributed by atoms with E-state index in [0.717, 1.165) is 5.56 Å². The minimum absolute atomic E-state index is 0.263. The number of carbonyl (C=O) groups is 1. The first-order valence-electron chi connectivity index (χ1n) is 6.50. The standard InChI is InChI=1S/C16H11Cl2N3O/c17-11-6-4-10(5-7-11)15-14(9-19-21-15)16(22)20-13-3-1-2-12(18)8-13/h1-9H,(H,19,21)(H,20,22). The maximum Gasteiger partial charge on any atom is 0.259 e. The van der Waals surface area contributed by atoms with Gasteiger partial charge in [0.25, 0.3) is 5.91 Å². The largest absolute Gasteiger partial charge is 0.322 e. The summed E-state index contributed by atoms with van der Waals surface area (Å²) in [5.74, 6) is -0.263. The molecule has 0 spiro atoms. The number of hydrogen-bond donors (Lipinski definition) is 2. The van der Waals surface area contributed by atoms with Gasteiger partial charge in [0, 0.05) is 21.3 Å². The molecule has 0 aliphatic carbocycles. The number of nitrogens with zero attached hydrogens (tertiary/aromatic N) is 1. The molecule has 0 fully saturated rings. The van der Waals surface area contributed by atoms with E-state index in [1.807, 2.05) is 12.1 Å². The van der Waals surface area contributed by atoms with E-state index in [2.05, 4.69) is 15.5 Å². The van der Waals surface area contributed by atoms with E-state index in [0.29, 0.717) is 27.0 Å². The van der Waals surface area contributed by atoms with E-state index in [1.165, 1.54) is 6.20 Å². The van der Waals surface area contributed by atoms with E-state index in [9.17, 15) is 4.79 Å². The van der Waals surface area contributed by atoms with E-state index in [1.54, 1.807) is 36.4 Å². The molecule has 0 bridgehead atoms. The fraction of sp³-hybridized carbons (Fsp3) is 0. The number of aromatic amines is 1. The zero-order chi connectivity index (χ0) is 15.5. The number of amides is 1. The van der Waals surface area contributed by atoms with Gasteiger partial charge in [-0.3, -0.25) is 9.89 Å². The third-order valence-electron chi connectivity index (χ3n) is 3.10. The molecule has 22 heavy (non-hydrogen) atoms. The van der Waals surface area contributed by atoms with Gasteiger partial charge in [0.2, 0.25) is 0 Å². The highest BCUT2D eigenvalue weighted by Gasteiger charge is 2.15. The summed E-state index contributed by atoms with van der Waals surface area (Å²) in [7, 11) is 0. The van der Waals surface area contributed by atoms with Crippen LogP contribution in [0.2, 0.25) is 10.0 Å². The van der Waals surface area contributed by atoms with Gasteiger partial charge in [0.1, 0.15) is 0 Å². The Hall–Kier alpha value is -2.30. The molecule has 4 nitrogen and oxygen atoms in total. The number of anilines is 1. The highest BCUT2D eigenvalue weighted by molar-refractivity contribution is 6.31. The second-order valence-corrected chi connectivity index (χ2v) is 5.50. The van der Waals surface area contributed by atoms with Crippen molar-refractivity contribution in [2.24, 2.45) is 0 Å². The summed E-state index contributed by atoms with van der Waals surface area (Å²) in [6.07, 6.45) is 1.49. The summed E-state index contributed by atoms with van der Waals surface area (Å²) >= 11 is 11.8. The maximum atomic E-state index is 12.4. The van der Waals surface area contributed by atoms with Crippen molar-refractivity contribution < 1.29 is 4.79 Å². The van der Waals surface area contributed by atoms with Crippen molar-refractivity contribution in [1.82, 2.24) is 10.2 Å². The van der Waals surface area contributed by atoms with E-state index in [4.69, 9.17) is 23.2 Å². The van der Waals surface area contributed by atoms with Gasteiger partial charge in [0.15, 0.2) is 0 Å². The number of carbonyl (C=O) groups excluding carboxylic acids is 1. The second kappa shape index (κ2) is 6.22. The molecule has 6 heteroatoms. The van der Waals surface area contributed by atoms with Gasteiger partial charge in [-0.15, -0.1) is 0 Å². The zero-order valence-electron chi connectivity index (χ0n) is 11.3. The van der Waals surface area contributed by atoms with Crippen LogP contribution in [-0.4, -0.2) is 16.1 Å². The zero-order valence-corrected chi connectivity index (χ0v) is 12.8. The van der Waals surface area contributed by atoms with E-state index < -0.39 is 0 Å². The Labute approximate surface area is 137 Å². The van der Waals surface area contributed by atoms with Crippen molar-refractivity contribution in [3.63, 3.8) is 0 Å². The highest BCUT2D eigenvalue weighted by atomic mass is 35.5. The van der Waals surface area contributed by atoms with Gasteiger partial charge in [-0.25, -0.2) is 0 Å². The van der Waals surface area contributed by atoms with E-state index in [-0.39, 0.29) is 5.91 Å². The molecular formula is C16H11Cl2N3O. The molecule has 0 aliphatic heterocycles. The van der Waals surface area contributed by atoms with Crippen molar-refractivity contribution in [1.29, 1.82) is 0 Å². The Bertz CT molecular complexity index is 812. The van der Waals surface area contributed by atoms with Gasteiger partial charge >= 0.3 is 0 Å². The number of halogens is 2. The first kappa shape index (κ1) is 14.6. The lowest BCUT2D eigenvalue weighted by atomic mass is 10.1. The molecule has 1 heterocycles. The number of benzene rings is 2. The highest BCUT2D eigenvalue weighted by Crippen LogP contribution is 2.24. The van der Waals surface area contributed by atoms with Crippen LogP contribution in [0, 0.1) is 0 Å². The summed E-state index contributed by atoms with van der Waals surface area (Å²) in [6.45, 7) is 0. The van der Waals surface area contributed by atoms with Crippen LogP contribution >= 0.6 is 23.2 Å². The molecule has 1 aromatic heterocycles. The summed E-state index contributed by atoms with van der Waals surface area (Å²) in [6, 6.07) is 14.1. The predicted octanol–water partition coefficient (Wildman–Crippen LogP) is 4.64. The van der Waals surface area contributed by atoms with Crippen LogP contribution in [0.1, 0.15) is 10.4 Å². The predicted molar refractivity (Wildman–Crippen MR) is 88.4 cm³/mol. The van der Waals surface area contributed by atoms with Crippen LogP contribution in [0.4, 0.5) is 5.69 Å². The summed E-state index contributed by atoms with van der Waals surface area (Å²) in [5, 5.41) is 10.8. The van der Waals surface area contributed by atoms with Crippen LogP contribution < -0.4 is 5.32 Å². The molecule has 0 saturated heterocycles. The minimum atomic E-state index is -0.263. The normalized spacial score (nSPS) is 10.5. The fourth-order valence-electron chi connectivity index (χ4n) is 2.06. The van der Waals surface area contributed by atoms with E-state index >= 15 is 0 Å². The average molecular weight is 332 g/mol. The Morgan fingerprint density at radius 2 is 1.82 bits per heavy atom. The SMILES string of the molecule is O=C(Nc1cccc(Cl)c1)c1cn[nH]c1-c1ccc(Cl)cc1. The van der Waals surface area contributed by atoms with Gasteiger partial charge in [-0.05, 0) is 30.3 Å². The van der Waals surface area contributed by atoms with Crippen molar-refractivity contribution in [2.75, 3.05) is 5.32 Å². The van der Waals surface area contributed by atoms with Crippen molar-refractivity contribution in [3.05, 3.63) is 70.3 Å². The summed E-state index contributed by atoms with van der Waals surface area (Å²) in [4.78, 5) is 12.4. The summed E-state index contributed by atoms with van der Waals surface area (Å²) < 4.78 is 0. The Balaban J connectivity index is 1.88. The van der Waals surface area contributed by atoms with Gasteiger partial charge in [0.05, 0.1) is 17.5 Å².